The van der Waals surface area contributed by atoms with Crippen molar-refractivity contribution in [3.05, 3.63) is 52.3 Å². The minimum absolute atomic E-state index is 0.237. The molecule has 104 valence electrons. The van der Waals surface area contributed by atoms with E-state index in [-0.39, 0.29) is 6.04 Å². The molecule has 4 heteroatoms. The molecule has 1 unspecified atom stereocenters. The zero-order valence-corrected chi connectivity index (χ0v) is 12.4. The van der Waals surface area contributed by atoms with Gasteiger partial charge in [0.2, 0.25) is 0 Å². The Morgan fingerprint density at radius 1 is 1.40 bits per heavy atom. The second-order valence-electron chi connectivity index (χ2n) is 5.09. The van der Waals surface area contributed by atoms with Crippen LogP contribution in [0.15, 0.2) is 30.5 Å². The highest BCUT2D eigenvalue weighted by Gasteiger charge is 2.24. The summed E-state index contributed by atoms with van der Waals surface area (Å²) in [7, 11) is 1.66. The van der Waals surface area contributed by atoms with Crippen molar-refractivity contribution in [1.82, 2.24) is 4.98 Å². The molecule has 0 spiro atoms. The van der Waals surface area contributed by atoms with Crippen molar-refractivity contribution in [3.8, 4) is 5.75 Å². The Morgan fingerprint density at radius 2 is 2.25 bits per heavy atom. The average Bonchev–Trinajstić information content (AvgIpc) is 2.86. The Morgan fingerprint density at radius 3 is 3.05 bits per heavy atom. The van der Waals surface area contributed by atoms with Crippen molar-refractivity contribution in [3.63, 3.8) is 0 Å². The lowest BCUT2D eigenvalue weighted by atomic mass is 10.1. The summed E-state index contributed by atoms with van der Waals surface area (Å²) in [4.78, 5) is 4.50. The Hall–Kier alpha value is -1.74. The topological polar surface area (TPSA) is 34.1 Å². The van der Waals surface area contributed by atoms with Gasteiger partial charge in [-0.05, 0) is 43.0 Å². The lowest BCUT2D eigenvalue weighted by Gasteiger charge is -2.18. The Balaban J connectivity index is 1.91. The highest BCUT2D eigenvalue weighted by Crippen LogP contribution is 2.37. The first-order valence-electron chi connectivity index (χ1n) is 6.73. The third-order valence-corrected chi connectivity index (χ3v) is 4.18. The summed E-state index contributed by atoms with van der Waals surface area (Å²) >= 11 is 6.14. The molecule has 3 rings (SSSR count). The van der Waals surface area contributed by atoms with Gasteiger partial charge in [-0.25, -0.2) is 0 Å². The van der Waals surface area contributed by atoms with E-state index >= 15 is 0 Å². The van der Waals surface area contributed by atoms with Crippen LogP contribution in [-0.4, -0.2) is 12.1 Å². The van der Waals surface area contributed by atoms with E-state index in [1.165, 1.54) is 5.56 Å². The Kier molecular flexibility index (Phi) is 3.53. The Bertz CT molecular complexity index is 642. The minimum Gasteiger partial charge on any atom is -0.495 e. The van der Waals surface area contributed by atoms with Crippen LogP contribution in [0.1, 0.15) is 29.3 Å². The summed E-state index contributed by atoms with van der Waals surface area (Å²) in [5.74, 6) is 0.769. The number of methoxy groups -OCH3 is 1. The molecular formula is C16H17ClN2O. The van der Waals surface area contributed by atoms with Crippen LogP contribution in [0.25, 0.3) is 0 Å². The molecule has 3 nitrogen and oxygen atoms in total. The van der Waals surface area contributed by atoms with Crippen molar-refractivity contribution < 1.29 is 4.74 Å². The van der Waals surface area contributed by atoms with Gasteiger partial charge in [0.15, 0.2) is 0 Å². The normalized spacial score (nSPS) is 16.9. The lowest BCUT2D eigenvalue weighted by molar-refractivity contribution is 0.416. The quantitative estimate of drug-likeness (QED) is 0.921. The van der Waals surface area contributed by atoms with E-state index in [0.29, 0.717) is 0 Å². The van der Waals surface area contributed by atoms with E-state index in [0.717, 1.165) is 40.6 Å². The molecule has 1 aromatic carbocycles. The fraction of sp³-hybridized carbons (Fsp3) is 0.312. The van der Waals surface area contributed by atoms with E-state index < -0.39 is 0 Å². The molecule has 0 saturated carbocycles. The Labute approximate surface area is 123 Å². The van der Waals surface area contributed by atoms with Gasteiger partial charge in [0.1, 0.15) is 5.75 Å². The molecule has 0 radical (unpaired) electrons. The van der Waals surface area contributed by atoms with Crippen LogP contribution < -0.4 is 10.1 Å². The SMILES string of the molecule is COc1cc(Cl)c(C)cc1NC1CCc2cccnc21. The van der Waals surface area contributed by atoms with Gasteiger partial charge >= 0.3 is 0 Å². The molecule has 0 saturated heterocycles. The van der Waals surface area contributed by atoms with Crippen molar-refractivity contribution in [2.75, 3.05) is 12.4 Å². The summed E-state index contributed by atoms with van der Waals surface area (Å²) in [6.07, 6.45) is 3.97. The number of aryl methyl sites for hydroxylation is 2. The van der Waals surface area contributed by atoms with Gasteiger partial charge in [-0.2, -0.15) is 0 Å². The largest absolute Gasteiger partial charge is 0.495 e. The number of hydrogen-bond acceptors (Lipinski definition) is 3. The van der Waals surface area contributed by atoms with Crippen molar-refractivity contribution in [2.24, 2.45) is 0 Å². The average molecular weight is 289 g/mol. The van der Waals surface area contributed by atoms with Gasteiger partial charge in [0.25, 0.3) is 0 Å². The molecule has 2 aromatic rings. The van der Waals surface area contributed by atoms with Gasteiger partial charge in [-0.15, -0.1) is 0 Å². The maximum atomic E-state index is 6.14. The summed E-state index contributed by atoms with van der Waals surface area (Å²) in [5.41, 5.74) is 4.48. The van der Waals surface area contributed by atoms with Gasteiger partial charge in [-0.1, -0.05) is 17.7 Å². The molecule has 0 aliphatic heterocycles. The zero-order chi connectivity index (χ0) is 14.1. The fourth-order valence-electron chi connectivity index (χ4n) is 2.69. The number of rotatable bonds is 3. The van der Waals surface area contributed by atoms with Crippen LogP contribution in [0, 0.1) is 6.92 Å². The molecule has 1 aliphatic rings. The number of anilines is 1. The summed E-state index contributed by atoms with van der Waals surface area (Å²) in [6, 6.07) is 8.26. The maximum Gasteiger partial charge on any atom is 0.143 e. The van der Waals surface area contributed by atoms with Crippen molar-refractivity contribution in [1.29, 1.82) is 0 Å². The van der Waals surface area contributed by atoms with E-state index in [1.807, 2.05) is 31.3 Å². The number of pyridine rings is 1. The number of nitrogens with zero attached hydrogens (tertiary/aromatic N) is 1. The van der Waals surface area contributed by atoms with Crippen molar-refractivity contribution in [2.45, 2.75) is 25.8 Å². The second-order valence-corrected chi connectivity index (χ2v) is 5.49. The molecule has 0 fully saturated rings. The molecule has 1 aliphatic carbocycles. The van der Waals surface area contributed by atoms with Gasteiger partial charge < -0.3 is 10.1 Å². The van der Waals surface area contributed by atoms with Gasteiger partial charge in [0.05, 0.1) is 24.5 Å². The number of hydrogen-bond donors (Lipinski definition) is 1. The van der Waals surface area contributed by atoms with Crippen LogP contribution in [-0.2, 0) is 6.42 Å². The molecule has 0 amide bonds. The van der Waals surface area contributed by atoms with E-state index in [2.05, 4.69) is 16.4 Å². The van der Waals surface area contributed by atoms with Gasteiger partial charge in [-0.3, -0.25) is 4.98 Å². The number of nitrogens with one attached hydrogen (secondary N) is 1. The standard InChI is InChI=1S/C16H17ClN2O/c1-10-8-14(15(20-2)9-12(10)17)19-13-6-5-11-4-3-7-18-16(11)13/h3-4,7-9,13,19H,5-6H2,1-2H3. The number of fused-ring (bicyclic) bond motifs is 1. The zero-order valence-electron chi connectivity index (χ0n) is 11.6. The molecule has 0 bridgehead atoms. The van der Waals surface area contributed by atoms with E-state index in [4.69, 9.17) is 16.3 Å². The van der Waals surface area contributed by atoms with Crippen molar-refractivity contribution >= 4 is 17.3 Å². The van der Waals surface area contributed by atoms with Crippen LogP contribution in [0.3, 0.4) is 0 Å². The first-order chi connectivity index (χ1) is 9.69. The molecular weight excluding hydrogens is 272 g/mol. The number of benzene rings is 1. The summed E-state index contributed by atoms with van der Waals surface area (Å²) in [6.45, 7) is 1.99. The van der Waals surface area contributed by atoms with Crippen LogP contribution in [0.4, 0.5) is 5.69 Å². The highest BCUT2D eigenvalue weighted by atomic mass is 35.5. The van der Waals surface area contributed by atoms with E-state index in [1.54, 1.807) is 7.11 Å². The second kappa shape index (κ2) is 5.33. The lowest BCUT2D eigenvalue weighted by Crippen LogP contribution is -2.09. The first-order valence-corrected chi connectivity index (χ1v) is 7.11. The molecule has 1 N–H and O–H groups in total. The fourth-order valence-corrected chi connectivity index (χ4v) is 2.84. The van der Waals surface area contributed by atoms with Gasteiger partial charge in [0, 0.05) is 17.3 Å². The summed E-state index contributed by atoms with van der Waals surface area (Å²) in [5, 5.41) is 4.26. The molecule has 1 aromatic heterocycles. The summed E-state index contributed by atoms with van der Waals surface area (Å²) < 4.78 is 5.41. The van der Waals surface area contributed by atoms with Crippen LogP contribution >= 0.6 is 11.6 Å². The smallest absolute Gasteiger partial charge is 0.143 e. The molecule has 20 heavy (non-hydrogen) atoms. The van der Waals surface area contributed by atoms with Crippen LogP contribution in [0.2, 0.25) is 5.02 Å². The highest BCUT2D eigenvalue weighted by molar-refractivity contribution is 6.31. The van der Waals surface area contributed by atoms with E-state index in [9.17, 15) is 0 Å². The number of ether oxygens (including phenoxy) is 1. The number of aromatic nitrogens is 1. The molecule has 1 heterocycles. The number of halogens is 1. The predicted octanol–water partition coefficient (Wildman–Crippen LogP) is 4.15. The third-order valence-electron chi connectivity index (χ3n) is 3.77. The monoisotopic (exact) mass is 288 g/mol. The maximum absolute atomic E-state index is 6.14. The first kappa shape index (κ1) is 13.3. The minimum atomic E-state index is 0.237. The predicted molar refractivity (Wildman–Crippen MR) is 81.7 cm³/mol. The third kappa shape index (κ3) is 2.34. The molecule has 1 atom stereocenters. The van der Waals surface area contributed by atoms with Crippen LogP contribution in [0.5, 0.6) is 5.75 Å².